The number of alkyl halides is 1. The second kappa shape index (κ2) is 9.21. The smallest absolute Gasteiger partial charge is 0.280 e. The molecular weight excluding hydrogens is 500 g/mol. The first-order valence-corrected chi connectivity index (χ1v) is 12.4. The lowest BCUT2D eigenvalue weighted by molar-refractivity contribution is -0.126. The molecule has 0 radical (unpaired) electrons. The first-order valence-electron chi connectivity index (χ1n) is 11.0. The van der Waals surface area contributed by atoms with Gasteiger partial charge in [-0.05, 0) is 29.8 Å². The van der Waals surface area contributed by atoms with Crippen molar-refractivity contribution in [2.75, 3.05) is 5.01 Å². The third-order valence-corrected chi connectivity index (χ3v) is 7.08. The number of fused-ring (bicyclic) bond motifs is 1. The predicted molar refractivity (Wildman–Crippen MR) is 135 cm³/mol. The summed E-state index contributed by atoms with van der Waals surface area (Å²) in [5, 5.41) is 9.50. The summed E-state index contributed by atoms with van der Waals surface area (Å²) >= 11 is 7.65. The molecule has 2 atom stereocenters. The van der Waals surface area contributed by atoms with Crippen molar-refractivity contribution in [3.8, 4) is 11.5 Å². The minimum Gasteiger partial charge on any atom is -0.411 e. The van der Waals surface area contributed by atoms with E-state index in [-0.39, 0.29) is 17.2 Å². The summed E-state index contributed by atoms with van der Waals surface area (Å²) in [4.78, 5) is 35.3. The molecule has 0 spiro atoms. The van der Waals surface area contributed by atoms with Crippen LogP contribution in [0.4, 0.5) is 0 Å². The molecule has 1 aliphatic heterocycles. The van der Waals surface area contributed by atoms with Crippen LogP contribution in [0.1, 0.15) is 17.4 Å². The molecule has 1 aliphatic rings. The molecule has 36 heavy (non-hydrogen) atoms. The van der Waals surface area contributed by atoms with Gasteiger partial charge in [-0.25, -0.2) is 9.99 Å². The number of carbonyl (C=O) groups excluding carboxylic acids is 1. The lowest BCUT2D eigenvalue weighted by Crippen LogP contribution is -2.64. The Kier molecular flexibility index (Phi) is 5.74. The molecule has 5 aromatic rings. The van der Waals surface area contributed by atoms with Gasteiger partial charge in [-0.1, -0.05) is 54.2 Å². The Labute approximate surface area is 213 Å². The van der Waals surface area contributed by atoms with Crippen molar-refractivity contribution in [1.82, 2.24) is 24.8 Å². The number of carbonyl (C=O) groups is 1. The third-order valence-electron chi connectivity index (χ3n) is 5.84. The van der Waals surface area contributed by atoms with Crippen LogP contribution in [0, 0.1) is 0 Å². The van der Waals surface area contributed by atoms with E-state index in [9.17, 15) is 9.59 Å². The van der Waals surface area contributed by atoms with Crippen LogP contribution in [0.15, 0.2) is 93.6 Å². The predicted octanol–water partition coefficient (Wildman–Crippen LogP) is 3.96. The number of benzene rings is 2. The Morgan fingerprint density at radius 2 is 1.69 bits per heavy atom. The Morgan fingerprint density at radius 3 is 2.50 bits per heavy atom. The maximum atomic E-state index is 13.6. The number of halogens is 1. The summed E-state index contributed by atoms with van der Waals surface area (Å²) in [7, 11) is 0. The van der Waals surface area contributed by atoms with Crippen LogP contribution >= 0.6 is 23.4 Å². The summed E-state index contributed by atoms with van der Waals surface area (Å²) in [5.74, 6) is 0.561. The molecule has 178 valence electrons. The van der Waals surface area contributed by atoms with E-state index >= 15 is 0 Å². The molecule has 0 N–H and O–H groups in total. The van der Waals surface area contributed by atoms with Crippen molar-refractivity contribution in [3.63, 3.8) is 0 Å². The van der Waals surface area contributed by atoms with Crippen LogP contribution in [-0.2, 0) is 10.5 Å². The average molecular weight is 517 g/mol. The minimum atomic E-state index is -0.787. The van der Waals surface area contributed by atoms with Gasteiger partial charge < -0.3 is 4.42 Å². The number of amides is 1. The third kappa shape index (κ3) is 3.84. The van der Waals surface area contributed by atoms with Crippen LogP contribution < -0.4 is 10.6 Å². The van der Waals surface area contributed by atoms with Gasteiger partial charge in [-0.2, -0.15) is 4.68 Å². The van der Waals surface area contributed by atoms with Gasteiger partial charge in [-0.3, -0.25) is 14.6 Å². The number of thioether (sulfide) groups is 1. The molecule has 3 aromatic heterocycles. The van der Waals surface area contributed by atoms with E-state index in [0.717, 1.165) is 11.1 Å². The molecular formula is C25H17ClN6O3S. The number of pyridine rings is 1. The van der Waals surface area contributed by atoms with Gasteiger partial charge in [0.25, 0.3) is 16.7 Å². The zero-order valence-corrected chi connectivity index (χ0v) is 20.1. The Morgan fingerprint density at radius 1 is 0.944 bits per heavy atom. The topological polar surface area (TPSA) is 107 Å². The van der Waals surface area contributed by atoms with Crippen LogP contribution in [0.25, 0.3) is 22.4 Å². The van der Waals surface area contributed by atoms with Crippen LogP contribution in [0.2, 0.25) is 0 Å². The van der Waals surface area contributed by atoms with E-state index in [1.54, 1.807) is 42.7 Å². The van der Waals surface area contributed by atoms with Gasteiger partial charge in [0.1, 0.15) is 17.2 Å². The highest BCUT2D eigenvalue weighted by atomic mass is 35.5. The minimum absolute atomic E-state index is 0.205. The van der Waals surface area contributed by atoms with Gasteiger partial charge in [-0.15, -0.1) is 21.8 Å². The largest absolute Gasteiger partial charge is 0.411 e. The monoisotopic (exact) mass is 516 g/mol. The van der Waals surface area contributed by atoms with Crippen LogP contribution in [0.5, 0.6) is 0 Å². The molecule has 6 rings (SSSR count). The van der Waals surface area contributed by atoms with E-state index in [1.807, 2.05) is 36.4 Å². The summed E-state index contributed by atoms with van der Waals surface area (Å²) in [6.07, 6.45) is 3.28. The normalized spacial score (nSPS) is 17.4. The highest BCUT2D eigenvalue weighted by molar-refractivity contribution is 7.98. The Hall–Kier alpha value is -4.02. The summed E-state index contributed by atoms with van der Waals surface area (Å²) < 4.78 is 7.10. The second-order valence-corrected chi connectivity index (χ2v) is 9.40. The number of hydrogen-bond acceptors (Lipinski definition) is 8. The van der Waals surface area contributed by atoms with Crippen LogP contribution in [-0.4, -0.2) is 36.1 Å². The molecule has 0 aliphatic carbocycles. The molecule has 9 nitrogen and oxygen atoms in total. The van der Waals surface area contributed by atoms with E-state index in [0.29, 0.717) is 27.8 Å². The number of hydrogen-bond donors (Lipinski definition) is 0. The lowest BCUT2D eigenvalue weighted by Gasteiger charge is -2.45. The summed E-state index contributed by atoms with van der Waals surface area (Å²) in [6, 6.07) is 19.4. The number of aromatic nitrogens is 5. The molecule has 1 saturated heterocycles. The fraction of sp³-hybridized carbons (Fsp3) is 0.120. The fourth-order valence-corrected chi connectivity index (χ4v) is 5.14. The van der Waals surface area contributed by atoms with Gasteiger partial charge in [0, 0.05) is 18.0 Å². The number of para-hydroxylation sites is 1. The molecule has 4 heterocycles. The molecule has 2 unspecified atom stereocenters. The Bertz CT molecular complexity index is 1630. The highest BCUT2D eigenvalue weighted by Crippen LogP contribution is 2.37. The molecule has 11 heteroatoms. The zero-order valence-electron chi connectivity index (χ0n) is 18.6. The molecule has 0 bridgehead atoms. The molecule has 1 fully saturated rings. The van der Waals surface area contributed by atoms with Gasteiger partial charge in [0.2, 0.25) is 5.89 Å². The van der Waals surface area contributed by atoms with Crippen molar-refractivity contribution in [1.29, 1.82) is 0 Å². The highest BCUT2D eigenvalue weighted by Gasteiger charge is 2.49. The average Bonchev–Trinajstić information content (AvgIpc) is 3.41. The van der Waals surface area contributed by atoms with E-state index in [2.05, 4.69) is 15.2 Å². The van der Waals surface area contributed by atoms with Crippen molar-refractivity contribution in [3.05, 3.63) is 101 Å². The van der Waals surface area contributed by atoms with Gasteiger partial charge >= 0.3 is 0 Å². The molecule has 2 aromatic carbocycles. The quantitative estimate of drug-likeness (QED) is 0.190. The van der Waals surface area contributed by atoms with E-state index in [1.165, 1.54) is 21.4 Å². The molecule has 0 saturated carbocycles. The number of rotatable bonds is 6. The lowest BCUT2D eigenvalue weighted by atomic mass is 9.95. The van der Waals surface area contributed by atoms with Crippen molar-refractivity contribution in [2.24, 2.45) is 0 Å². The van der Waals surface area contributed by atoms with E-state index in [4.69, 9.17) is 21.0 Å². The second-order valence-electron chi connectivity index (χ2n) is 8.00. The van der Waals surface area contributed by atoms with Crippen molar-refractivity contribution >= 4 is 40.2 Å². The summed E-state index contributed by atoms with van der Waals surface area (Å²) in [6.45, 7) is 0. The van der Waals surface area contributed by atoms with Crippen molar-refractivity contribution < 1.29 is 9.21 Å². The van der Waals surface area contributed by atoms with Crippen molar-refractivity contribution in [2.45, 2.75) is 22.4 Å². The van der Waals surface area contributed by atoms with Gasteiger partial charge in [0.05, 0.1) is 16.7 Å². The van der Waals surface area contributed by atoms with E-state index < -0.39 is 11.4 Å². The Balaban J connectivity index is 1.39. The first kappa shape index (κ1) is 22.4. The number of β-lactam (4-membered cyclic amide) rings is 1. The first-order chi connectivity index (χ1) is 17.6. The maximum Gasteiger partial charge on any atom is 0.280 e. The van der Waals surface area contributed by atoms with Crippen LogP contribution in [0.3, 0.4) is 0 Å². The molecule has 1 amide bonds. The van der Waals surface area contributed by atoms with Gasteiger partial charge in [0.15, 0.2) is 0 Å². The zero-order chi connectivity index (χ0) is 24.6. The standard InChI is InChI=1S/C25H17ClN6O3S/c26-20-21(15-6-2-1-3-7-15)32(24(20)34)31-19(28-18-9-5-4-8-17(18)23(31)33)14-36-25-30-29-22(35-25)16-10-12-27-13-11-16/h1-13,20-21H,14H2. The summed E-state index contributed by atoms with van der Waals surface area (Å²) in [5.41, 5.74) is 1.76. The number of nitrogens with zero attached hydrogens (tertiary/aromatic N) is 6. The maximum absolute atomic E-state index is 13.6. The fourth-order valence-electron chi connectivity index (χ4n) is 4.11. The SMILES string of the molecule is O=C1C(Cl)C(c2ccccc2)N1n1c(CSc2nnc(-c3ccncc3)o2)nc2ccccc2c1=O.